The fraction of sp³-hybridized carbons (Fsp3) is 0.0667. The molecule has 0 atom stereocenters. The molecule has 1 aromatic heterocycles. The average Bonchev–Trinajstić information content (AvgIpc) is 2.79. The summed E-state index contributed by atoms with van der Waals surface area (Å²) in [5.74, 6) is 0. The van der Waals surface area contributed by atoms with Gasteiger partial charge in [-0.3, -0.25) is 14.7 Å². The van der Waals surface area contributed by atoms with Crippen LogP contribution in [0.1, 0.15) is 0 Å². The molecule has 0 radical (unpaired) electrons. The first-order valence-corrected chi connectivity index (χ1v) is 6.71. The number of hydrogen-bond acceptors (Lipinski definition) is 4. The maximum absolute atomic E-state index is 12.4. The van der Waals surface area contributed by atoms with E-state index in [1.165, 1.54) is 29.8 Å². The minimum Gasteiger partial charge on any atom is -0.307 e. The van der Waals surface area contributed by atoms with Crippen molar-refractivity contribution in [3.05, 3.63) is 69.1 Å². The lowest BCUT2D eigenvalue weighted by Crippen LogP contribution is -2.31. The molecule has 0 aliphatic rings. The van der Waals surface area contributed by atoms with Gasteiger partial charge < -0.3 is 5.32 Å². The minimum atomic E-state index is -0.674. The van der Waals surface area contributed by atoms with Gasteiger partial charge in [0.1, 0.15) is 0 Å². The second kappa shape index (κ2) is 5.41. The number of nitro groups is 1. The van der Waals surface area contributed by atoms with Crippen LogP contribution in [0.15, 0.2) is 53.3 Å². The first kappa shape index (κ1) is 14.5. The van der Waals surface area contributed by atoms with Crippen LogP contribution < -0.4 is 11.0 Å². The number of anilines is 1. The number of nitro benzene ring substituents is 1. The van der Waals surface area contributed by atoms with E-state index in [1.54, 1.807) is 30.3 Å². The summed E-state index contributed by atoms with van der Waals surface area (Å²) in [5, 5.41) is 13.5. The average molecular weight is 312 g/mol. The second-order valence-corrected chi connectivity index (χ2v) is 4.90. The van der Waals surface area contributed by atoms with Crippen LogP contribution in [-0.2, 0) is 7.05 Å². The Kier molecular flexibility index (Phi) is 3.41. The molecule has 116 valence electrons. The number of carbonyl (C=O) groups excluding carboxylic acids is 1. The monoisotopic (exact) mass is 312 g/mol. The van der Waals surface area contributed by atoms with Crippen molar-refractivity contribution in [3.8, 4) is 0 Å². The largest absolute Gasteiger partial charge is 0.337 e. The molecular weight excluding hydrogens is 300 g/mol. The van der Waals surface area contributed by atoms with Crippen molar-refractivity contribution in [2.75, 3.05) is 5.32 Å². The molecule has 0 saturated heterocycles. The molecule has 0 bridgehead atoms. The lowest BCUT2D eigenvalue weighted by Gasteiger charge is -2.05. The third kappa shape index (κ3) is 2.46. The summed E-state index contributed by atoms with van der Waals surface area (Å²) >= 11 is 0. The highest BCUT2D eigenvalue weighted by molar-refractivity contribution is 5.97. The molecule has 0 unspecified atom stereocenters. The highest BCUT2D eigenvalue weighted by Crippen LogP contribution is 2.20. The van der Waals surface area contributed by atoms with E-state index >= 15 is 0 Å². The summed E-state index contributed by atoms with van der Waals surface area (Å²) < 4.78 is 2.15. The van der Waals surface area contributed by atoms with Crippen LogP contribution in [-0.4, -0.2) is 20.1 Å². The summed E-state index contributed by atoms with van der Waals surface area (Å²) in [6.45, 7) is 0. The SMILES string of the molecule is Cn1c(=O)n(C(=O)Nc2ccccc2)c2cc([N+](=O)[O-])ccc21. The van der Waals surface area contributed by atoms with Crippen molar-refractivity contribution in [1.29, 1.82) is 0 Å². The van der Waals surface area contributed by atoms with Gasteiger partial charge >= 0.3 is 11.7 Å². The molecular formula is C15H12N4O4. The predicted molar refractivity (Wildman–Crippen MR) is 84.7 cm³/mol. The highest BCUT2D eigenvalue weighted by Gasteiger charge is 2.19. The number of rotatable bonds is 2. The van der Waals surface area contributed by atoms with Crippen LogP contribution in [0.3, 0.4) is 0 Å². The quantitative estimate of drug-likeness (QED) is 0.580. The Morgan fingerprint density at radius 2 is 1.83 bits per heavy atom. The number of non-ortho nitro benzene ring substituents is 1. The van der Waals surface area contributed by atoms with Crippen molar-refractivity contribution in [1.82, 2.24) is 9.13 Å². The Bertz CT molecular complexity index is 972. The number of fused-ring (bicyclic) bond motifs is 1. The highest BCUT2D eigenvalue weighted by atomic mass is 16.6. The van der Waals surface area contributed by atoms with Crippen LogP contribution in [0.25, 0.3) is 11.0 Å². The van der Waals surface area contributed by atoms with Crippen LogP contribution in [0, 0.1) is 10.1 Å². The van der Waals surface area contributed by atoms with Gasteiger partial charge in [0.05, 0.1) is 16.0 Å². The third-order valence-electron chi connectivity index (χ3n) is 3.48. The summed E-state index contributed by atoms with van der Waals surface area (Å²) in [6.07, 6.45) is 0. The van der Waals surface area contributed by atoms with Gasteiger partial charge in [-0.1, -0.05) is 18.2 Å². The number of benzene rings is 2. The number of para-hydroxylation sites is 1. The van der Waals surface area contributed by atoms with E-state index in [-0.39, 0.29) is 11.2 Å². The Morgan fingerprint density at radius 1 is 1.13 bits per heavy atom. The van der Waals surface area contributed by atoms with Crippen molar-refractivity contribution in [2.24, 2.45) is 7.05 Å². The molecule has 0 aliphatic carbocycles. The molecule has 8 nitrogen and oxygen atoms in total. The van der Waals surface area contributed by atoms with Gasteiger partial charge in [0.15, 0.2) is 0 Å². The van der Waals surface area contributed by atoms with E-state index in [0.717, 1.165) is 4.57 Å². The number of nitrogens with zero attached hydrogens (tertiary/aromatic N) is 3. The molecule has 2 aromatic carbocycles. The van der Waals surface area contributed by atoms with E-state index in [4.69, 9.17) is 0 Å². The van der Waals surface area contributed by atoms with E-state index in [1.807, 2.05) is 0 Å². The molecule has 1 amide bonds. The van der Waals surface area contributed by atoms with Crippen LogP contribution >= 0.6 is 0 Å². The molecule has 1 N–H and O–H groups in total. The maximum Gasteiger partial charge on any atom is 0.337 e. The summed E-state index contributed by atoms with van der Waals surface area (Å²) in [4.78, 5) is 35.1. The number of aryl methyl sites for hydroxylation is 1. The Balaban J connectivity index is 2.14. The normalized spacial score (nSPS) is 10.7. The molecule has 0 spiro atoms. The zero-order valence-electron chi connectivity index (χ0n) is 12.1. The summed E-state index contributed by atoms with van der Waals surface area (Å²) in [6, 6.07) is 11.9. The second-order valence-electron chi connectivity index (χ2n) is 4.90. The lowest BCUT2D eigenvalue weighted by atomic mass is 10.3. The van der Waals surface area contributed by atoms with E-state index in [2.05, 4.69) is 5.32 Å². The van der Waals surface area contributed by atoms with E-state index < -0.39 is 16.6 Å². The number of nitrogens with one attached hydrogen (secondary N) is 1. The lowest BCUT2D eigenvalue weighted by molar-refractivity contribution is -0.384. The Morgan fingerprint density at radius 3 is 2.48 bits per heavy atom. The third-order valence-corrected chi connectivity index (χ3v) is 3.48. The first-order valence-electron chi connectivity index (χ1n) is 6.71. The van der Waals surface area contributed by atoms with Crippen molar-refractivity contribution in [2.45, 2.75) is 0 Å². The van der Waals surface area contributed by atoms with Gasteiger partial charge in [0.25, 0.3) is 5.69 Å². The fourth-order valence-corrected chi connectivity index (χ4v) is 2.34. The van der Waals surface area contributed by atoms with Gasteiger partial charge in [0.2, 0.25) is 0 Å². The predicted octanol–water partition coefficient (Wildman–Crippen LogP) is 2.33. The van der Waals surface area contributed by atoms with Gasteiger partial charge in [-0.15, -0.1) is 0 Å². The maximum atomic E-state index is 12.4. The van der Waals surface area contributed by atoms with Gasteiger partial charge in [-0.25, -0.2) is 14.2 Å². The standard InChI is InChI=1S/C15H12N4O4/c1-17-12-8-7-11(19(22)23)9-13(12)18(15(17)21)14(20)16-10-5-3-2-4-6-10/h2-9H,1H3,(H,16,20). The van der Waals surface area contributed by atoms with Crippen LogP contribution in [0.5, 0.6) is 0 Å². The number of aromatic nitrogens is 2. The van der Waals surface area contributed by atoms with Gasteiger partial charge in [-0.2, -0.15) is 0 Å². The fourth-order valence-electron chi connectivity index (χ4n) is 2.34. The zero-order chi connectivity index (χ0) is 16.6. The van der Waals surface area contributed by atoms with Gasteiger partial charge in [0, 0.05) is 24.9 Å². The van der Waals surface area contributed by atoms with Crippen molar-refractivity contribution < 1.29 is 9.72 Å². The number of amides is 1. The molecule has 0 aliphatic heterocycles. The molecule has 0 fully saturated rings. The smallest absolute Gasteiger partial charge is 0.307 e. The summed E-state index contributed by atoms with van der Waals surface area (Å²) in [7, 11) is 1.50. The molecule has 3 aromatic rings. The molecule has 1 heterocycles. The number of imidazole rings is 1. The van der Waals surface area contributed by atoms with Crippen LogP contribution in [0.4, 0.5) is 16.2 Å². The molecule has 8 heteroatoms. The van der Waals surface area contributed by atoms with E-state index in [0.29, 0.717) is 11.2 Å². The zero-order valence-corrected chi connectivity index (χ0v) is 12.1. The van der Waals surface area contributed by atoms with Crippen LogP contribution in [0.2, 0.25) is 0 Å². The molecule has 0 saturated carbocycles. The van der Waals surface area contributed by atoms with Crippen molar-refractivity contribution in [3.63, 3.8) is 0 Å². The van der Waals surface area contributed by atoms with Gasteiger partial charge in [-0.05, 0) is 18.2 Å². The molecule has 3 rings (SSSR count). The number of hydrogen-bond donors (Lipinski definition) is 1. The minimum absolute atomic E-state index is 0.181. The van der Waals surface area contributed by atoms with E-state index in [9.17, 15) is 19.7 Å². The Labute approximate surface area is 129 Å². The number of carbonyl (C=O) groups is 1. The summed E-state index contributed by atoms with van der Waals surface area (Å²) in [5.41, 5.74) is 0.370. The first-order chi connectivity index (χ1) is 11.0. The topological polar surface area (TPSA) is 99.2 Å². The van der Waals surface area contributed by atoms with Crippen molar-refractivity contribution >= 4 is 28.4 Å². The molecule has 23 heavy (non-hydrogen) atoms. The Hall–Kier alpha value is -3.42.